The van der Waals surface area contributed by atoms with Crippen molar-refractivity contribution >= 4 is 33.2 Å². The van der Waals surface area contributed by atoms with Gasteiger partial charge < -0.3 is 10.4 Å². The molecule has 2 aromatic rings. The Kier molecular flexibility index (Phi) is 3.81. The first kappa shape index (κ1) is 12.1. The number of thiophene rings is 1. The highest BCUT2D eigenvalue weighted by atomic mass is 79.9. The molecule has 0 unspecified atom stereocenters. The molecule has 0 aliphatic carbocycles. The van der Waals surface area contributed by atoms with Gasteiger partial charge in [0.1, 0.15) is 5.75 Å². The molecule has 2 rings (SSSR count). The molecule has 88 valence electrons. The summed E-state index contributed by atoms with van der Waals surface area (Å²) in [6.45, 7) is 0.453. The van der Waals surface area contributed by atoms with Gasteiger partial charge in [-0.25, -0.2) is 0 Å². The highest BCUT2D eigenvalue weighted by Crippen LogP contribution is 2.21. The van der Waals surface area contributed by atoms with Gasteiger partial charge >= 0.3 is 0 Å². The first-order valence-electron chi connectivity index (χ1n) is 4.96. The third-order valence-corrected chi connectivity index (χ3v) is 3.81. The Bertz CT molecular complexity index is 522. The lowest BCUT2D eigenvalue weighted by Gasteiger charge is -2.03. The summed E-state index contributed by atoms with van der Waals surface area (Å²) in [6, 6.07) is 10.4. The lowest BCUT2D eigenvalue weighted by molar-refractivity contribution is 0.0955. The molecule has 1 aromatic heterocycles. The van der Waals surface area contributed by atoms with Crippen LogP contribution in [0.25, 0.3) is 0 Å². The normalized spacial score (nSPS) is 10.2. The summed E-state index contributed by atoms with van der Waals surface area (Å²) in [5, 5.41) is 11.9. The van der Waals surface area contributed by atoms with Crippen LogP contribution in [-0.4, -0.2) is 11.0 Å². The van der Waals surface area contributed by atoms with E-state index in [2.05, 4.69) is 21.2 Å². The van der Waals surface area contributed by atoms with E-state index in [9.17, 15) is 4.79 Å². The maximum absolute atomic E-state index is 11.7. The van der Waals surface area contributed by atoms with Crippen molar-refractivity contribution in [1.82, 2.24) is 5.32 Å². The van der Waals surface area contributed by atoms with Crippen LogP contribution < -0.4 is 5.32 Å². The third kappa shape index (κ3) is 3.31. The molecule has 0 saturated carbocycles. The quantitative estimate of drug-likeness (QED) is 0.915. The zero-order chi connectivity index (χ0) is 12.3. The van der Waals surface area contributed by atoms with Gasteiger partial charge in [0.2, 0.25) is 0 Å². The van der Waals surface area contributed by atoms with E-state index in [4.69, 9.17) is 5.11 Å². The Hall–Kier alpha value is -1.33. The molecule has 17 heavy (non-hydrogen) atoms. The molecule has 0 bridgehead atoms. The summed E-state index contributed by atoms with van der Waals surface area (Å²) >= 11 is 4.71. The first-order valence-corrected chi connectivity index (χ1v) is 6.57. The number of hydrogen-bond acceptors (Lipinski definition) is 3. The Morgan fingerprint density at radius 3 is 2.53 bits per heavy atom. The van der Waals surface area contributed by atoms with Crippen LogP contribution in [-0.2, 0) is 6.54 Å². The van der Waals surface area contributed by atoms with Crippen molar-refractivity contribution < 1.29 is 9.90 Å². The largest absolute Gasteiger partial charge is 0.508 e. The summed E-state index contributed by atoms with van der Waals surface area (Å²) < 4.78 is 0.937. The van der Waals surface area contributed by atoms with E-state index >= 15 is 0 Å². The van der Waals surface area contributed by atoms with Gasteiger partial charge in [-0.1, -0.05) is 12.1 Å². The number of carbonyl (C=O) groups is 1. The van der Waals surface area contributed by atoms with Crippen molar-refractivity contribution in [2.45, 2.75) is 6.54 Å². The minimum absolute atomic E-state index is 0.0891. The highest BCUT2D eigenvalue weighted by Gasteiger charge is 2.07. The smallest absolute Gasteiger partial charge is 0.261 e. The number of nitrogens with one attached hydrogen (secondary N) is 1. The molecule has 1 amide bonds. The molecule has 0 spiro atoms. The topological polar surface area (TPSA) is 49.3 Å². The molecule has 0 aliphatic heterocycles. The van der Waals surface area contributed by atoms with Crippen molar-refractivity contribution in [1.29, 1.82) is 0 Å². The zero-order valence-electron chi connectivity index (χ0n) is 8.81. The van der Waals surface area contributed by atoms with E-state index < -0.39 is 0 Å². The first-order chi connectivity index (χ1) is 8.15. The Morgan fingerprint density at radius 1 is 1.24 bits per heavy atom. The lowest BCUT2D eigenvalue weighted by atomic mass is 10.2. The third-order valence-electron chi connectivity index (χ3n) is 2.19. The predicted molar refractivity (Wildman–Crippen MR) is 71.3 cm³/mol. The summed E-state index contributed by atoms with van der Waals surface area (Å²) in [5.74, 6) is 0.135. The molecule has 2 N–H and O–H groups in total. The molecule has 0 aliphatic rings. The van der Waals surface area contributed by atoms with Gasteiger partial charge in [-0.15, -0.1) is 11.3 Å². The molecule has 0 radical (unpaired) electrons. The minimum atomic E-state index is -0.0891. The van der Waals surface area contributed by atoms with Crippen LogP contribution in [0.3, 0.4) is 0 Å². The van der Waals surface area contributed by atoms with Crippen LogP contribution in [0.15, 0.2) is 40.2 Å². The zero-order valence-corrected chi connectivity index (χ0v) is 11.2. The van der Waals surface area contributed by atoms with Crippen molar-refractivity contribution in [2.75, 3.05) is 0 Å². The summed E-state index contributed by atoms with van der Waals surface area (Å²) in [7, 11) is 0. The van der Waals surface area contributed by atoms with Gasteiger partial charge in [-0.05, 0) is 45.8 Å². The second-order valence-electron chi connectivity index (χ2n) is 3.45. The van der Waals surface area contributed by atoms with E-state index in [0.717, 1.165) is 9.35 Å². The molecule has 3 nitrogen and oxygen atoms in total. The molecular formula is C12H10BrNO2S. The van der Waals surface area contributed by atoms with Crippen LogP contribution in [0.1, 0.15) is 15.2 Å². The van der Waals surface area contributed by atoms with Crippen molar-refractivity contribution in [3.63, 3.8) is 0 Å². The highest BCUT2D eigenvalue weighted by molar-refractivity contribution is 9.11. The Morgan fingerprint density at radius 2 is 1.94 bits per heavy atom. The number of halogens is 1. The monoisotopic (exact) mass is 311 g/mol. The van der Waals surface area contributed by atoms with Crippen LogP contribution >= 0.6 is 27.3 Å². The molecule has 5 heteroatoms. The van der Waals surface area contributed by atoms with Gasteiger partial charge in [0, 0.05) is 6.54 Å². The molecule has 0 fully saturated rings. The van der Waals surface area contributed by atoms with Gasteiger partial charge in [-0.3, -0.25) is 4.79 Å². The number of rotatable bonds is 3. The van der Waals surface area contributed by atoms with E-state index in [-0.39, 0.29) is 11.7 Å². The van der Waals surface area contributed by atoms with E-state index in [1.165, 1.54) is 11.3 Å². The average Bonchev–Trinajstić information content (AvgIpc) is 2.75. The number of hydrogen-bond donors (Lipinski definition) is 2. The van der Waals surface area contributed by atoms with Crippen LogP contribution in [0, 0.1) is 0 Å². The number of aromatic hydroxyl groups is 1. The van der Waals surface area contributed by atoms with Crippen molar-refractivity contribution in [3.05, 3.63) is 50.6 Å². The minimum Gasteiger partial charge on any atom is -0.508 e. The fraction of sp³-hybridized carbons (Fsp3) is 0.0833. The number of phenols is 1. The van der Waals surface area contributed by atoms with E-state index in [1.54, 1.807) is 30.3 Å². The van der Waals surface area contributed by atoms with Crippen LogP contribution in [0.4, 0.5) is 0 Å². The van der Waals surface area contributed by atoms with Gasteiger partial charge in [0.05, 0.1) is 8.66 Å². The summed E-state index contributed by atoms with van der Waals surface area (Å²) in [5.41, 5.74) is 0.951. The molecule has 0 saturated heterocycles. The van der Waals surface area contributed by atoms with Gasteiger partial charge in [0.25, 0.3) is 5.91 Å². The second-order valence-corrected chi connectivity index (χ2v) is 5.92. The van der Waals surface area contributed by atoms with Gasteiger partial charge in [0.15, 0.2) is 0 Å². The van der Waals surface area contributed by atoms with E-state index in [1.807, 2.05) is 6.07 Å². The average molecular weight is 312 g/mol. The lowest BCUT2D eigenvalue weighted by Crippen LogP contribution is -2.21. The molecule has 0 atom stereocenters. The summed E-state index contributed by atoms with van der Waals surface area (Å²) in [6.07, 6.45) is 0. The molecule has 1 heterocycles. The van der Waals surface area contributed by atoms with Gasteiger partial charge in [-0.2, -0.15) is 0 Å². The molecule has 1 aromatic carbocycles. The number of phenolic OH excluding ortho intramolecular Hbond substituents is 1. The van der Waals surface area contributed by atoms with Crippen molar-refractivity contribution in [3.8, 4) is 5.75 Å². The van der Waals surface area contributed by atoms with Crippen LogP contribution in [0.2, 0.25) is 0 Å². The predicted octanol–water partition coefficient (Wildman–Crippen LogP) is 3.15. The molecular weight excluding hydrogens is 302 g/mol. The SMILES string of the molecule is O=C(NCc1ccc(O)cc1)c1ccc(Br)s1. The standard InChI is InChI=1S/C12H10BrNO2S/c13-11-6-5-10(17-11)12(16)14-7-8-1-3-9(15)4-2-8/h1-6,15H,7H2,(H,14,16). The van der Waals surface area contributed by atoms with E-state index in [0.29, 0.717) is 11.4 Å². The maximum atomic E-state index is 11.7. The fourth-order valence-corrected chi connectivity index (χ4v) is 2.62. The number of carbonyl (C=O) groups excluding carboxylic acids is 1. The Balaban J connectivity index is 1.94. The summed E-state index contributed by atoms with van der Waals surface area (Å²) in [4.78, 5) is 12.4. The fourth-order valence-electron chi connectivity index (χ4n) is 1.32. The maximum Gasteiger partial charge on any atom is 0.261 e. The van der Waals surface area contributed by atoms with Crippen molar-refractivity contribution in [2.24, 2.45) is 0 Å². The van der Waals surface area contributed by atoms with Crippen LogP contribution in [0.5, 0.6) is 5.75 Å². The number of benzene rings is 1. The number of amides is 1. The Labute approximate surface area is 111 Å². The second kappa shape index (κ2) is 5.33.